The van der Waals surface area contributed by atoms with Crippen molar-refractivity contribution in [1.29, 1.82) is 0 Å². The summed E-state index contributed by atoms with van der Waals surface area (Å²) in [6.07, 6.45) is 0. The number of carbonyl (C=O) groups excluding carboxylic acids is 1. The molecule has 2 heterocycles. The van der Waals surface area contributed by atoms with Crippen LogP contribution in [-0.4, -0.2) is 25.7 Å². The molecule has 3 rings (SSSR count). The third kappa shape index (κ3) is 2.92. The number of ether oxygens (including phenoxy) is 1. The minimum absolute atomic E-state index is 0.127. The molecule has 8 heteroatoms. The van der Waals surface area contributed by atoms with Crippen LogP contribution in [0.4, 0.5) is 5.69 Å². The largest absolute Gasteiger partial charge is 0.438 e. The normalized spacial score (nSPS) is 10.6. The molecule has 106 valence electrons. The van der Waals surface area contributed by atoms with Crippen LogP contribution in [0, 0.1) is 0 Å². The zero-order valence-corrected chi connectivity index (χ0v) is 11.7. The highest BCUT2D eigenvalue weighted by molar-refractivity contribution is 6.28. The topological polar surface area (TPSA) is 81.4 Å². The summed E-state index contributed by atoms with van der Waals surface area (Å²) in [5.74, 6) is 0.815. The fourth-order valence-electron chi connectivity index (χ4n) is 1.73. The molecular formula is C13H10ClN5O2. The Balaban J connectivity index is 1.81. The zero-order valence-electron chi connectivity index (χ0n) is 10.9. The van der Waals surface area contributed by atoms with Crippen molar-refractivity contribution in [3.8, 4) is 11.6 Å². The van der Waals surface area contributed by atoms with E-state index in [0.29, 0.717) is 23.0 Å². The lowest BCUT2D eigenvalue weighted by atomic mass is 10.3. The predicted octanol–water partition coefficient (Wildman–Crippen LogP) is 2.53. The number of nitrogens with one attached hydrogen (secondary N) is 1. The summed E-state index contributed by atoms with van der Waals surface area (Å²) >= 11 is 5.85. The van der Waals surface area contributed by atoms with E-state index in [0.717, 1.165) is 0 Å². The first-order valence-corrected chi connectivity index (χ1v) is 6.43. The zero-order chi connectivity index (χ0) is 14.8. The van der Waals surface area contributed by atoms with Gasteiger partial charge in [-0.05, 0) is 41.9 Å². The molecule has 0 saturated heterocycles. The van der Waals surface area contributed by atoms with Gasteiger partial charge in [0.1, 0.15) is 5.75 Å². The molecule has 7 nitrogen and oxygen atoms in total. The van der Waals surface area contributed by atoms with Gasteiger partial charge in [-0.1, -0.05) is 0 Å². The van der Waals surface area contributed by atoms with Crippen LogP contribution in [0.1, 0.15) is 6.92 Å². The monoisotopic (exact) mass is 303 g/mol. The van der Waals surface area contributed by atoms with Crippen molar-refractivity contribution in [1.82, 2.24) is 19.8 Å². The van der Waals surface area contributed by atoms with Gasteiger partial charge < -0.3 is 10.1 Å². The Bertz CT molecular complexity index is 800. The molecule has 0 atom stereocenters. The number of fused-ring (bicyclic) bond motifs is 1. The van der Waals surface area contributed by atoms with E-state index in [4.69, 9.17) is 16.3 Å². The van der Waals surface area contributed by atoms with E-state index in [1.807, 2.05) is 0 Å². The van der Waals surface area contributed by atoms with Crippen LogP contribution >= 0.6 is 11.6 Å². The Morgan fingerprint density at radius 2 is 1.95 bits per heavy atom. The SMILES string of the molecule is CC(=O)Nc1ccc(Oc2ccc3nnc(Cl)n3n2)cc1. The molecule has 0 aliphatic carbocycles. The van der Waals surface area contributed by atoms with Gasteiger partial charge in [0.25, 0.3) is 0 Å². The van der Waals surface area contributed by atoms with Crippen LogP contribution in [0.5, 0.6) is 11.6 Å². The fraction of sp³-hybridized carbons (Fsp3) is 0.0769. The average molecular weight is 304 g/mol. The lowest BCUT2D eigenvalue weighted by Crippen LogP contribution is -2.05. The maximum absolute atomic E-state index is 10.9. The molecule has 0 unspecified atom stereocenters. The van der Waals surface area contributed by atoms with E-state index in [2.05, 4.69) is 20.6 Å². The third-order valence-corrected chi connectivity index (χ3v) is 2.83. The number of anilines is 1. The van der Waals surface area contributed by atoms with Gasteiger partial charge in [0, 0.05) is 18.7 Å². The van der Waals surface area contributed by atoms with Crippen molar-refractivity contribution in [2.24, 2.45) is 0 Å². The minimum atomic E-state index is -0.127. The van der Waals surface area contributed by atoms with Crippen molar-refractivity contribution < 1.29 is 9.53 Å². The van der Waals surface area contributed by atoms with Crippen molar-refractivity contribution in [2.75, 3.05) is 5.32 Å². The summed E-state index contributed by atoms with van der Waals surface area (Å²) < 4.78 is 6.99. The molecule has 0 radical (unpaired) electrons. The number of hydrogen-bond donors (Lipinski definition) is 1. The maximum Gasteiger partial charge on any atom is 0.246 e. The summed E-state index contributed by atoms with van der Waals surface area (Å²) in [4.78, 5) is 10.9. The first-order valence-electron chi connectivity index (χ1n) is 6.05. The molecule has 0 bridgehead atoms. The number of rotatable bonds is 3. The van der Waals surface area contributed by atoms with Crippen molar-refractivity contribution in [3.63, 3.8) is 0 Å². The summed E-state index contributed by atoms with van der Waals surface area (Å²) in [5.41, 5.74) is 1.23. The highest BCUT2D eigenvalue weighted by Crippen LogP contribution is 2.22. The van der Waals surface area contributed by atoms with E-state index in [1.165, 1.54) is 11.4 Å². The second kappa shape index (κ2) is 5.37. The Morgan fingerprint density at radius 1 is 1.19 bits per heavy atom. The summed E-state index contributed by atoms with van der Waals surface area (Å²) in [5, 5.41) is 14.5. The van der Waals surface area contributed by atoms with Gasteiger partial charge >= 0.3 is 0 Å². The Hall–Kier alpha value is -2.67. The van der Waals surface area contributed by atoms with Gasteiger partial charge in [-0.2, -0.15) is 4.52 Å². The molecule has 0 spiro atoms. The molecular weight excluding hydrogens is 294 g/mol. The first-order chi connectivity index (χ1) is 10.1. The minimum Gasteiger partial charge on any atom is -0.438 e. The molecule has 21 heavy (non-hydrogen) atoms. The van der Waals surface area contributed by atoms with Gasteiger partial charge in [0.2, 0.25) is 17.1 Å². The van der Waals surface area contributed by atoms with Gasteiger partial charge in [-0.3, -0.25) is 4.79 Å². The predicted molar refractivity (Wildman–Crippen MR) is 76.6 cm³/mol. The summed E-state index contributed by atoms with van der Waals surface area (Å²) in [6, 6.07) is 10.3. The van der Waals surface area contributed by atoms with Crippen LogP contribution in [0.25, 0.3) is 5.65 Å². The Labute approximate surface area is 124 Å². The van der Waals surface area contributed by atoms with E-state index < -0.39 is 0 Å². The Morgan fingerprint density at radius 3 is 2.67 bits per heavy atom. The second-order valence-corrected chi connectivity index (χ2v) is 4.56. The molecule has 0 aliphatic rings. The first kappa shape index (κ1) is 13.3. The smallest absolute Gasteiger partial charge is 0.246 e. The van der Waals surface area contributed by atoms with Crippen LogP contribution in [0.2, 0.25) is 5.28 Å². The van der Waals surface area contributed by atoms with Gasteiger partial charge in [-0.25, -0.2) is 0 Å². The van der Waals surface area contributed by atoms with Crippen molar-refractivity contribution in [3.05, 3.63) is 41.7 Å². The van der Waals surface area contributed by atoms with Crippen molar-refractivity contribution >= 4 is 28.8 Å². The van der Waals surface area contributed by atoms with Gasteiger partial charge in [0.05, 0.1) is 0 Å². The number of amides is 1. The van der Waals surface area contributed by atoms with E-state index in [-0.39, 0.29) is 11.2 Å². The Kier molecular flexibility index (Phi) is 3.41. The highest BCUT2D eigenvalue weighted by Gasteiger charge is 2.06. The number of hydrogen-bond acceptors (Lipinski definition) is 5. The molecule has 0 aliphatic heterocycles. The van der Waals surface area contributed by atoms with Crippen LogP contribution < -0.4 is 10.1 Å². The molecule has 2 aromatic heterocycles. The number of benzene rings is 1. The molecule has 0 fully saturated rings. The van der Waals surface area contributed by atoms with E-state index >= 15 is 0 Å². The van der Waals surface area contributed by atoms with E-state index in [9.17, 15) is 4.79 Å². The molecule has 3 aromatic rings. The molecule has 1 amide bonds. The second-order valence-electron chi connectivity index (χ2n) is 4.22. The molecule has 1 N–H and O–H groups in total. The van der Waals surface area contributed by atoms with Crippen molar-refractivity contribution in [2.45, 2.75) is 6.92 Å². The maximum atomic E-state index is 10.9. The van der Waals surface area contributed by atoms with Crippen LogP contribution in [0.15, 0.2) is 36.4 Å². The van der Waals surface area contributed by atoms with E-state index in [1.54, 1.807) is 36.4 Å². The summed E-state index contributed by atoms with van der Waals surface area (Å²) in [6.45, 7) is 1.45. The average Bonchev–Trinajstić information content (AvgIpc) is 2.82. The third-order valence-electron chi connectivity index (χ3n) is 2.60. The quantitative estimate of drug-likeness (QED) is 0.804. The molecule has 1 aromatic carbocycles. The van der Waals surface area contributed by atoms with Crippen LogP contribution in [-0.2, 0) is 4.79 Å². The van der Waals surface area contributed by atoms with Crippen LogP contribution in [0.3, 0.4) is 0 Å². The highest BCUT2D eigenvalue weighted by atomic mass is 35.5. The number of halogens is 1. The lowest BCUT2D eigenvalue weighted by molar-refractivity contribution is -0.114. The van der Waals surface area contributed by atoms with Gasteiger partial charge in [-0.15, -0.1) is 15.3 Å². The lowest BCUT2D eigenvalue weighted by Gasteiger charge is -2.06. The standard InChI is InChI=1S/C13H10ClN5O2/c1-8(20)15-9-2-4-10(5-3-9)21-12-7-6-11-16-17-13(14)19(11)18-12/h2-7H,1H3,(H,15,20). The number of nitrogens with zero attached hydrogens (tertiary/aromatic N) is 4. The molecule has 0 saturated carbocycles. The number of carbonyl (C=O) groups is 1. The summed E-state index contributed by atoms with van der Waals surface area (Å²) in [7, 11) is 0. The number of aromatic nitrogens is 4. The fourth-order valence-corrected chi connectivity index (χ4v) is 1.89. The van der Waals surface area contributed by atoms with Gasteiger partial charge in [0.15, 0.2) is 5.65 Å².